The van der Waals surface area contributed by atoms with Crippen LogP contribution >= 0.6 is 0 Å². The number of anilines is 1. The Morgan fingerprint density at radius 3 is 2.26 bits per heavy atom. The summed E-state index contributed by atoms with van der Waals surface area (Å²) in [4.78, 5) is 18.1. The molecule has 6 nitrogen and oxygen atoms in total. The Morgan fingerprint density at radius 1 is 1.00 bits per heavy atom. The Hall–Kier alpha value is -3.16. The highest BCUT2D eigenvalue weighted by Gasteiger charge is 2.31. The van der Waals surface area contributed by atoms with Crippen LogP contribution in [0.4, 0.5) is 10.1 Å². The summed E-state index contributed by atoms with van der Waals surface area (Å²) in [7, 11) is 1.61. The summed E-state index contributed by atoms with van der Waals surface area (Å²) in [6.07, 6.45) is 0. The van der Waals surface area contributed by atoms with Crippen molar-refractivity contribution in [2.24, 2.45) is 0 Å². The third-order valence-corrected chi connectivity index (χ3v) is 6.58. The van der Waals surface area contributed by atoms with E-state index in [1.807, 2.05) is 38.1 Å². The minimum atomic E-state index is -0.377. The number of nitrogens with zero attached hydrogens (tertiary/aromatic N) is 3. The molecule has 0 radical (unpaired) electrons. The first-order valence-electron chi connectivity index (χ1n) is 11.6. The number of aryl methyl sites for hydroxylation is 2. The summed E-state index contributed by atoms with van der Waals surface area (Å²) < 4.78 is 20.2. The second-order valence-corrected chi connectivity index (χ2v) is 8.85. The Morgan fingerprint density at radius 2 is 1.65 bits per heavy atom. The molecular formula is C27H32FN3O3. The summed E-state index contributed by atoms with van der Waals surface area (Å²) in [5, 5.41) is 11.0. The van der Waals surface area contributed by atoms with Crippen LogP contribution in [0.3, 0.4) is 0 Å². The van der Waals surface area contributed by atoms with Crippen molar-refractivity contribution in [3.8, 4) is 5.75 Å². The molecular weight excluding hydrogens is 433 g/mol. The number of halogens is 1. The van der Waals surface area contributed by atoms with Gasteiger partial charge in [0, 0.05) is 51.2 Å². The van der Waals surface area contributed by atoms with Crippen LogP contribution in [0.15, 0.2) is 59.4 Å². The van der Waals surface area contributed by atoms with Crippen LogP contribution in [0.25, 0.3) is 0 Å². The van der Waals surface area contributed by atoms with E-state index in [2.05, 4.69) is 9.80 Å². The SMILES string of the molecule is COCCn1c(C)cc(O)c([C@H](c2ccc(C)cc2)N2CCN(c3ccc(F)cc3)CC2)c1=O. The van der Waals surface area contributed by atoms with Crippen LogP contribution in [-0.4, -0.2) is 54.5 Å². The third kappa shape index (κ3) is 5.00. The maximum Gasteiger partial charge on any atom is 0.259 e. The lowest BCUT2D eigenvalue weighted by Crippen LogP contribution is -2.49. The van der Waals surface area contributed by atoms with Crippen LogP contribution in [0.5, 0.6) is 5.75 Å². The molecule has 1 fully saturated rings. The fourth-order valence-corrected chi connectivity index (χ4v) is 4.69. The normalized spacial score (nSPS) is 15.5. The van der Waals surface area contributed by atoms with Crippen LogP contribution < -0.4 is 10.5 Å². The topological polar surface area (TPSA) is 57.9 Å². The first kappa shape index (κ1) is 24.0. The van der Waals surface area contributed by atoms with Gasteiger partial charge in [0.15, 0.2) is 0 Å². The van der Waals surface area contributed by atoms with E-state index >= 15 is 0 Å². The maximum atomic E-state index is 13.6. The zero-order chi connectivity index (χ0) is 24.2. The predicted octanol–water partition coefficient (Wildman–Crippen LogP) is 3.87. The van der Waals surface area contributed by atoms with Crippen LogP contribution in [0.2, 0.25) is 0 Å². The minimum Gasteiger partial charge on any atom is -0.507 e. The number of ether oxygens (including phenoxy) is 1. The molecule has 1 aromatic heterocycles. The second-order valence-electron chi connectivity index (χ2n) is 8.85. The van der Waals surface area contributed by atoms with Gasteiger partial charge in [0.25, 0.3) is 5.56 Å². The molecule has 1 saturated heterocycles. The number of aromatic hydroxyl groups is 1. The van der Waals surface area contributed by atoms with E-state index in [0.29, 0.717) is 37.5 Å². The van der Waals surface area contributed by atoms with Gasteiger partial charge in [0.05, 0.1) is 18.2 Å². The smallest absolute Gasteiger partial charge is 0.259 e. The van der Waals surface area contributed by atoms with Gasteiger partial charge >= 0.3 is 0 Å². The first-order valence-corrected chi connectivity index (χ1v) is 11.6. The van der Waals surface area contributed by atoms with Gasteiger partial charge < -0.3 is 19.3 Å². The lowest BCUT2D eigenvalue weighted by atomic mass is 9.95. The van der Waals surface area contributed by atoms with Crippen LogP contribution in [-0.2, 0) is 11.3 Å². The van der Waals surface area contributed by atoms with Gasteiger partial charge in [0.2, 0.25) is 0 Å². The molecule has 0 amide bonds. The molecule has 1 N–H and O–H groups in total. The molecule has 0 saturated carbocycles. The average Bonchev–Trinajstić information content (AvgIpc) is 2.83. The predicted molar refractivity (Wildman–Crippen MR) is 132 cm³/mol. The molecule has 2 heterocycles. The number of hydrogen-bond donors (Lipinski definition) is 1. The lowest BCUT2D eigenvalue weighted by Gasteiger charge is -2.40. The average molecular weight is 466 g/mol. The van der Waals surface area contributed by atoms with Crippen molar-refractivity contribution in [3.05, 3.63) is 93.2 Å². The van der Waals surface area contributed by atoms with Gasteiger partial charge in [-0.1, -0.05) is 29.8 Å². The first-order chi connectivity index (χ1) is 16.4. The molecule has 7 heteroatoms. The molecule has 1 atom stereocenters. The van der Waals surface area contributed by atoms with E-state index in [-0.39, 0.29) is 23.2 Å². The van der Waals surface area contributed by atoms with Crippen molar-refractivity contribution in [2.45, 2.75) is 26.4 Å². The third-order valence-electron chi connectivity index (χ3n) is 6.58. The van der Waals surface area contributed by atoms with Crippen molar-refractivity contribution in [1.29, 1.82) is 0 Å². The molecule has 180 valence electrons. The van der Waals surface area contributed by atoms with Crippen LogP contribution in [0, 0.1) is 19.7 Å². The fourth-order valence-electron chi connectivity index (χ4n) is 4.69. The zero-order valence-corrected chi connectivity index (χ0v) is 20.0. The Bertz CT molecular complexity index is 1170. The van der Waals surface area contributed by atoms with Crippen molar-refractivity contribution < 1.29 is 14.2 Å². The molecule has 0 bridgehead atoms. The summed E-state index contributed by atoms with van der Waals surface area (Å²) in [6.45, 7) is 7.55. The number of hydrogen-bond acceptors (Lipinski definition) is 5. The van der Waals surface area contributed by atoms with E-state index in [1.165, 1.54) is 12.1 Å². The summed E-state index contributed by atoms with van der Waals surface area (Å²) in [5.74, 6) is -0.232. The monoisotopic (exact) mass is 465 g/mol. The van der Waals surface area contributed by atoms with Gasteiger partial charge in [0.1, 0.15) is 11.6 Å². The Balaban J connectivity index is 1.70. The van der Waals surface area contributed by atoms with E-state index in [0.717, 1.165) is 29.9 Å². The number of piperazine rings is 1. The van der Waals surface area contributed by atoms with Crippen molar-refractivity contribution in [3.63, 3.8) is 0 Å². The summed E-state index contributed by atoms with van der Waals surface area (Å²) in [6, 6.07) is 16.0. The van der Waals surface area contributed by atoms with E-state index in [1.54, 1.807) is 29.9 Å². The molecule has 3 aromatic rings. The van der Waals surface area contributed by atoms with Crippen LogP contribution in [0.1, 0.15) is 28.4 Å². The van der Waals surface area contributed by atoms with Crippen molar-refractivity contribution in [2.75, 3.05) is 44.8 Å². The molecule has 1 aliphatic heterocycles. The molecule has 0 spiro atoms. The molecule has 4 rings (SSSR count). The highest BCUT2D eigenvalue weighted by Crippen LogP contribution is 2.34. The van der Waals surface area contributed by atoms with E-state index in [4.69, 9.17) is 4.74 Å². The second kappa shape index (κ2) is 10.4. The Labute approximate surface area is 199 Å². The number of pyridine rings is 1. The summed E-state index contributed by atoms with van der Waals surface area (Å²) >= 11 is 0. The van der Waals surface area contributed by atoms with Crippen molar-refractivity contribution >= 4 is 5.69 Å². The van der Waals surface area contributed by atoms with Gasteiger partial charge in [-0.05, 0) is 49.7 Å². The Kier molecular flexibility index (Phi) is 7.34. The maximum absolute atomic E-state index is 13.6. The number of methoxy groups -OCH3 is 1. The highest BCUT2D eigenvalue weighted by molar-refractivity contribution is 5.47. The minimum absolute atomic E-state index is 0.0164. The highest BCUT2D eigenvalue weighted by atomic mass is 19.1. The molecule has 0 aliphatic carbocycles. The fraction of sp³-hybridized carbons (Fsp3) is 0.370. The molecule has 34 heavy (non-hydrogen) atoms. The van der Waals surface area contributed by atoms with E-state index < -0.39 is 0 Å². The molecule has 0 unspecified atom stereocenters. The number of benzene rings is 2. The van der Waals surface area contributed by atoms with Gasteiger partial charge in [-0.3, -0.25) is 9.69 Å². The summed E-state index contributed by atoms with van der Waals surface area (Å²) in [5.41, 5.74) is 3.98. The number of aromatic nitrogens is 1. The van der Waals surface area contributed by atoms with E-state index in [9.17, 15) is 14.3 Å². The lowest BCUT2D eigenvalue weighted by molar-refractivity contribution is 0.183. The quantitative estimate of drug-likeness (QED) is 0.574. The van der Waals surface area contributed by atoms with Crippen molar-refractivity contribution in [1.82, 2.24) is 9.47 Å². The van der Waals surface area contributed by atoms with Gasteiger partial charge in [-0.25, -0.2) is 4.39 Å². The van der Waals surface area contributed by atoms with Gasteiger partial charge in [-0.15, -0.1) is 0 Å². The molecule has 1 aliphatic rings. The standard InChI is InChI=1S/C27H32FN3O3/c1-19-4-6-21(7-5-19)26(25-24(32)18-20(2)31(27(25)33)16-17-34-3)30-14-12-29(13-15-30)23-10-8-22(28)9-11-23/h4-11,18,26,32H,12-17H2,1-3H3/t26-/m0/s1. The van der Waals surface area contributed by atoms with Gasteiger partial charge in [-0.2, -0.15) is 0 Å². The number of rotatable bonds is 7. The zero-order valence-electron chi connectivity index (χ0n) is 20.0. The molecule has 2 aromatic carbocycles. The largest absolute Gasteiger partial charge is 0.507 e.